The Labute approximate surface area is 102 Å². The number of hydrogen-bond acceptors (Lipinski definition) is 2. The van der Waals surface area contributed by atoms with Crippen LogP contribution in [-0.2, 0) is 12.8 Å². The number of fused-ring (bicyclic) bond motifs is 1. The molecule has 1 aromatic carbocycles. The SMILES string of the molecule is NC1CCc2c(Cc3ccccn3)cccc21. The molecule has 0 saturated carbocycles. The number of benzene rings is 1. The Hall–Kier alpha value is -1.67. The van der Waals surface area contributed by atoms with E-state index in [9.17, 15) is 0 Å². The van der Waals surface area contributed by atoms with Crippen molar-refractivity contribution in [1.29, 1.82) is 0 Å². The van der Waals surface area contributed by atoms with Crippen molar-refractivity contribution in [2.24, 2.45) is 5.73 Å². The summed E-state index contributed by atoms with van der Waals surface area (Å²) in [6.07, 6.45) is 4.95. The predicted molar refractivity (Wildman–Crippen MR) is 68.7 cm³/mol. The summed E-state index contributed by atoms with van der Waals surface area (Å²) in [4.78, 5) is 4.39. The fourth-order valence-electron chi connectivity index (χ4n) is 2.63. The number of rotatable bonds is 2. The Morgan fingerprint density at radius 2 is 2.12 bits per heavy atom. The van der Waals surface area contributed by atoms with Gasteiger partial charge in [-0.2, -0.15) is 0 Å². The Bertz CT molecular complexity index is 520. The fraction of sp³-hybridized carbons (Fsp3) is 0.267. The Morgan fingerprint density at radius 3 is 2.94 bits per heavy atom. The van der Waals surface area contributed by atoms with E-state index in [1.54, 1.807) is 0 Å². The molecule has 2 nitrogen and oxygen atoms in total. The van der Waals surface area contributed by atoms with E-state index in [2.05, 4.69) is 29.2 Å². The van der Waals surface area contributed by atoms with Crippen LogP contribution in [0.15, 0.2) is 42.6 Å². The van der Waals surface area contributed by atoms with Gasteiger partial charge >= 0.3 is 0 Å². The molecule has 17 heavy (non-hydrogen) atoms. The van der Waals surface area contributed by atoms with Gasteiger partial charge in [-0.3, -0.25) is 4.98 Å². The number of nitrogens with zero attached hydrogens (tertiary/aromatic N) is 1. The Morgan fingerprint density at radius 1 is 1.18 bits per heavy atom. The summed E-state index contributed by atoms with van der Waals surface area (Å²) in [6, 6.07) is 12.8. The van der Waals surface area contributed by atoms with Gasteiger partial charge in [-0.25, -0.2) is 0 Å². The molecule has 0 bridgehead atoms. The summed E-state index contributed by atoms with van der Waals surface area (Å²) in [6.45, 7) is 0. The van der Waals surface area contributed by atoms with Crippen LogP contribution in [-0.4, -0.2) is 4.98 Å². The molecule has 86 valence electrons. The molecule has 0 aliphatic heterocycles. The molecule has 1 aliphatic carbocycles. The van der Waals surface area contributed by atoms with Crippen molar-refractivity contribution in [3.63, 3.8) is 0 Å². The quantitative estimate of drug-likeness (QED) is 0.851. The van der Waals surface area contributed by atoms with Crippen molar-refractivity contribution in [3.8, 4) is 0 Å². The molecule has 1 heterocycles. The molecule has 0 saturated heterocycles. The maximum atomic E-state index is 6.09. The van der Waals surface area contributed by atoms with Gasteiger partial charge in [0.15, 0.2) is 0 Å². The molecule has 1 aromatic heterocycles. The minimum atomic E-state index is 0.230. The molecule has 0 spiro atoms. The van der Waals surface area contributed by atoms with Crippen LogP contribution < -0.4 is 5.73 Å². The van der Waals surface area contributed by atoms with E-state index in [-0.39, 0.29) is 6.04 Å². The van der Waals surface area contributed by atoms with Crippen molar-refractivity contribution in [2.75, 3.05) is 0 Å². The van der Waals surface area contributed by atoms with Gasteiger partial charge < -0.3 is 5.73 Å². The molecular formula is C15H16N2. The summed E-state index contributed by atoms with van der Waals surface area (Å²) in [5.74, 6) is 0. The number of aromatic nitrogens is 1. The molecule has 1 unspecified atom stereocenters. The number of pyridine rings is 1. The summed E-state index contributed by atoms with van der Waals surface area (Å²) in [7, 11) is 0. The van der Waals surface area contributed by atoms with Crippen molar-refractivity contribution in [2.45, 2.75) is 25.3 Å². The van der Waals surface area contributed by atoms with Gasteiger partial charge in [0.2, 0.25) is 0 Å². The maximum absolute atomic E-state index is 6.09. The average molecular weight is 224 g/mol. The summed E-state index contributed by atoms with van der Waals surface area (Å²) >= 11 is 0. The summed E-state index contributed by atoms with van der Waals surface area (Å²) in [5.41, 5.74) is 11.4. The molecular weight excluding hydrogens is 208 g/mol. The van der Waals surface area contributed by atoms with Gasteiger partial charge in [-0.05, 0) is 41.7 Å². The molecule has 2 heteroatoms. The van der Waals surface area contributed by atoms with Gasteiger partial charge in [0.25, 0.3) is 0 Å². The normalized spacial score (nSPS) is 18.1. The lowest BCUT2D eigenvalue weighted by molar-refractivity contribution is 0.713. The minimum Gasteiger partial charge on any atom is -0.324 e. The van der Waals surface area contributed by atoms with Crippen molar-refractivity contribution >= 4 is 0 Å². The average Bonchev–Trinajstić information content (AvgIpc) is 2.74. The van der Waals surface area contributed by atoms with Crippen LogP contribution in [0.5, 0.6) is 0 Å². The van der Waals surface area contributed by atoms with Crippen LogP contribution in [0.3, 0.4) is 0 Å². The second-order valence-electron chi connectivity index (χ2n) is 4.63. The minimum absolute atomic E-state index is 0.230. The Balaban J connectivity index is 1.95. The van der Waals surface area contributed by atoms with Crippen LogP contribution in [0, 0.1) is 0 Å². The first kappa shape index (κ1) is 10.5. The van der Waals surface area contributed by atoms with Gasteiger partial charge in [-0.15, -0.1) is 0 Å². The first-order valence-corrected chi connectivity index (χ1v) is 6.11. The van der Waals surface area contributed by atoms with Crippen LogP contribution in [0.4, 0.5) is 0 Å². The topological polar surface area (TPSA) is 38.9 Å². The molecule has 1 atom stereocenters. The Kier molecular flexibility index (Phi) is 2.65. The van der Waals surface area contributed by atoms with E-state index in [0.29, 0.717) is 0 Å². The smallest absolute Gasteiger partial charge is 0.0447 e. The number of hydrogen-bond donors (Lipinski definition) is 1. The van der Waals surface area contributed by atoms with Gasteiger partial charge in [0.05, 0.1) is 0 Å². The summed E-state index contributed by atoms with van der Waals surface area (Å²) in [5, 5.41) is 0. The fourth-order valence-corrected chi connectivity index (χ4v) is 2.63. The molecule has 3 rings (SSSR count). The zero-order valence-electron chi connectivity index (χ0n) is 9.76. The highest BCUT2D eigenvalue weighted by molar-refractivity contribution is 5.42. The third-order valence-corrected chi connectivity index (χ3v) is 3.51. The van der Waals surface area contributed by atoms with Gasteiger partial charge in [-0.1, -0.05) is 24.3 Å². The van der Waals surface area contributed by atoms with Gasteiger partial charge in [0.1, 0.15) is 0 Å². The van der Waals surface area contributed by atoms with Crippen LogP contribution in [0.2, 0.25) is 0 Å². The van der Waals surface area contributed by atoms with E-state index >= 15 is 0 Å². The van der Waals surface area contributed by atoms with Crippen molar-refractivity contribution in [3.05, 3.63) is 65.0 Å². The lowest BCUT2D eigenvalue weighted by atomic mass is 9.99. The van der Waals surface area contributed by atoms with E-state index in [0.717, 1.165) is 25.0 Å². The van der Waals surface area contributed by atoms with Crippen LogP contribution in [0.1, 0.15) is 34.8 Å². The van der Waals surface area contributed by atoms with Crippen LogP contribution >= 0.6 is 0 Å². The maximum Gasteiger partial charge on any atom is 0.0447 e. The van der Waals surface area contributed by atoms with Crippen molar-refractivity contribution < 1.29 is 0 Å². The zero-order valence-corrected chi connectivity index (χ0v) is 9.76. The number of nitrogens with two attached hydrogens (primary N) is 1. The first-order valence-electron chi connectivity index (χ1n) is 6.11. The summed E-state index contributed by atoms with van der Waals surface area (Å²) < 4.78 is 0. The highest BCUT2D eigenvalue weighted by Crippen LogP contribution is 2.32. The zero-order chi connectivity index (χ0) is 11.7. The molecule has 2 N–H and O–H groups in total. The second kappa shape index (κ2) is 4.30. The third kappa shape index (κ3) is 1.96. The molecule has 1 aliphatic rings. The highest BCUT2D eigenvalue weighted by Gasteiger charge is 2.21. The van der Waals surface area contributed by atoms with E-state index in [1.807, 2.05) is 18.3 Å². The predicted octanol–water partition coefficient (Wildman–Crippen LogP) is 2.62. The van der Waals surface area contributed by atoms with Gasteiger partial charge in [0, 0.05) is 24.4 Å². The molecule has 0 fully saturated rings. The first-order chi connectivity index (χ1) is 8.34. The lowest BCUT2D eigenvalue weighted by Crippen LogP contribution is -2.05. The van der Waals surface area contributed by atoms with E-state index in [1.165, 1.54) is 16.7 Å². The van der Waals surface area contributed by atoms with Crippen LogP contribution in [0.25, 0.3) is 0 Å². The third-order valence-electron chi connectivity index (χ3n) is 3.51. The standard InChI is InChI=1S/C15H16N2/c16-15-8-7-13-11(4-3-6-14(13)15)10-12-5-1-2-9-17-12/h1-6,9,15H,7-8,10,16H2. The highest BCUT2D eigenvalue weighted by atomic mass is 14.7. The van der Waals surface area contributed by atoms with Crippen molar-refractivity contribution in [1.82, 2.24) is 4.98 Å². The lowest BCUT2D eigenvalue weighted by Gasteiger charge is -2.09. The molecule has 0 radical (unpaired) electrons. The second-order valence-corrected chi connectivity index (χ2v) is 4.63. The molecule has 0 amide bonds. The largest absolute Gasteiger partial charge is 0.324 e. The molecule has 2 aromatic rings. The monoisotopic (exact) mass is 224 g/mol. The van der Waals surface area contributed by atoms with E-state index < -0.39 is 0 Å². The van der Waals surface area contributed by atoms with E-state index in [4.69, 9.17) is 5.73 Å².